The van der Waals surface area contributed by atoms with Gasteiger partial charge in [-0.05, 0) is 18.6 Å². The molecule has 0 aliphatic carbocycles. The third kappa shape index (κ3) is 4.28. The average Bonchev–Trinajstić information content (AvgIpc) is 2.42. The Morgan fingerprint density at radius 1 is 1.28 bits per heavy atom. The van der Waals surface area contributed by atoms with Crippen LogP contribution in [0.4, 0.5) is 0 Å². The number of hydrogen-bond acceptors (Lipinski definition) is 3. The summed E-state index contributed by atoms with van der Waals surface area (Å²) < 4.78 is 10.4. The topological polar surface area (TPSA) is 47.6 Å². The van der Waals surface area contributed by atoms with E-state index >= 15 is 0 Å². The molecule has 100 valence electrons. The highest BCUT2D eigenvalue weighted by molar-refractivity contribution is 5.75. The van der Waals surface area contributed by atoms with Gasteiger partial charge in [0.1, 0.15) is 11.5 Å². The van der Waals surface area contributed by atoms with Crippen LogP contribution < -0.4 is 14.8 Å². The molecule has 4 heteroatoms. The lowest BCUT2D eigenvalue weighted by Crippen LogP contribution is -2.22. The highest BCUT2D eigenvalue weighted by atomic mass is 16.5. The number of ether oxygens (including phenoxy) is 2. The SMILES string of the molecule is CCCCC(=O)NCc1ccc(OC)cc1OC. The molecule has 0 saturated heterocycles. The van der Waals surface area contributed by atoms with Crippen LogP contribution in [0.15, 0.2) is 18.2 Å². The molecular formula is C14H21NO3. The first kappa shape index (κ1) is 14.4. The molecule has 0 aromatic heterocycles. The van der Waals surface area contributed by atoms with Gasteiger partial charge in [-0.3, -0.25) is 4.79 Å². The summed E-state index contributed by atoms with van der Waals surface area (Å²) in [5.41, 5.74) is 0.947. The molecule has 1 N–H and O–H groups in total. The maximum atomic E-state index is 11.5. The second-order valence-corrected chi connectivity index (χ2v) is 4.06. The number of nitrogens with one attached hydrogen (secondary N) is 1. The fourth-order valence-electron chi connectivity index (χ4n) is 1.62. The number of carbonyl (C=O) groups excluding carboxylic acids is 1. The lowest BCUT2D eigenvalue weighted by molar-refractivity contribution is -0.121. The van der Waals surface area contributed by atoms with E-state index in [1.165, 1.54) is 0 Å². The van der Waals surface area contributed by atoms with Crippen LogP contribution in [0.2, 0.25) is 0 Å². The summed E-state index contributed by atoms with van der Waals surface area (Å²) in [5.74, 6) is 1.55. The molecule has 0 bridgehead atoms. The number of benzene rings is 1. The van der Waals surface area contributed by atoms with Gasteiger partial charge in [-0.15, -0.1) is 0 Å². The van der Waals surface area contributed by atoms with Crippen molar-refractivity contribution in [3.63, 3.8) is 0 Å². The molecule has 0 fully saturated rings. The molecular weight excluding hydrogens is 230 g/mol. The second-order valence-electron chi connectivity index (χ2n) is 4.06. The van der Waals surface area contributed by atoms with E-state index in [1.807, 2.05) is 18.2 Å². The zero-order valence-corrected chi connectivity index (χ0v) is 11.3. The predicted molar refractivity (Wildman–Crippen MR) is 70.9 cm³/mol. The number of unbranched alkanes of at least 4 members (excludes halogenated alkanes) is 1. The molecule has 0 aliphatic rings. The zero-order chi connectivity index (χ0) is 13.4. The van der Waals surface area contributed by atoms with Gasteiger partial charge in [0, 0.05) is 24.6 Å². The summed E-state index contributed by atoms with van der Waals surface area (Å²) in [5, 5.41) is 2.89. The highest BCUT2D eigenvalue weighted by Crippen LogP contribution is 2.24. The van der Waals surface area contributed by atoms with Gasteiger partial charge in [0.25, 0.3) is 0 Å². The van der Waals surface area contributed by atoms with E-state index in [0.717, 1.165) is 29.9 Å². The van der Waals surface area contributed by atoms with E-state index < -0.39 is 0 Å². The summed E-state index contributed by atoms with van der Waals surface area (Å²) in [6.45, 7) is 2.55. The van der Waals surface area contributed by atoms with Crippen molar-refractivity contribution < 1.29 is 14.3 Å². The summed E-state index contributed by atoms with van der Waals surface area (Å²) in [6, 6.07) is 5.57. The van der Waals surface area contributed by atoms with Crippen molar-refractivity contribution in [2.45, 2.75) is 32.7 Å². The fraction of sp³-hybridized carbons (Fsp3) is 0.500. The molecule has 0 saturated carbocycles. The monoisotopic (exact) mass is 251 g/mol. The molecule has 0 unspecified atom stereocenters. The van der Waals surface area contributed by atoms with Crippen molar-refractivity contribution in [2.75, 3.05) is 14.2 Å². The Bertz CT molecular complexity index is 391. The van der Waals surface area contributed by atoms with Gasteiger partial charge in [-0.1, -0.05) is 13.3 Å². The van der Waals surface area contributed by atoms with Crippen LogP contribution in [0.1, 0.15) is 31.7 Å². The fourth-order valence-corrected chi connectivity index (χ4v) is 1.62. The number of rotatable bonds is 7. The quantitative estimate of drug-likeness (QED) is 0.810. The molecule has 18 heavy (non-hydrogen) atoms. The summed E-state index contributed by atoms with van der Waals surface area (Å²) >= 11 is 0. The van der Waals surface area contributed by atoms with Crippen molar-refractivity contribution in [2.24, 2.45) is 0 Å². The first-order valence-electron chi connectivity index (χ1n) is 6.18. The van der Waals surface area contributed by atoms with Gasteiger partial charge in [0.15, 0.2) is 0 Å². The number of hydrogen-bond donors (Lipinski definition) is 1. The number of carbonyl (C=O) groups is 1. The largest absolute Gasteiger partial charge is 0.497 e. The van der Waals surface area contributed by atoms with Gasteiger partial charge in [0.05, 0.1) is 14.2 Å². The van der Waals surface area contributed by atoms with Crippen LogP contribution in [0, 0.1) is 0 Å². The summed E-state index contributed by atoms with van der Waals surface area (Å²) in [7, 11) is 3.22. The van der Waals surface area contributed by atoms with Crippen LogP contribution in [0.5, 0.6) is 11.5 Å². The first-order chi connectivity index (χ1) is 8.71. The van der Waals surface area contributed by atoms with Gasteiger partial charge < -0.3 is 14.8 Å². The molecule has 4 nitrogen and oxygen atoms in total. The molecule has 0 spiro atoms. The van der Waals surface area contributed by atoms with Crippen molar-refractivity contribution in [1.82, 2.24) is 5.32 Å². The van der Waals surface area contributed by atoms with Crippen LogP contribution in [-0.2, 0) is 11.3 Å². The van der Waals surface area contributed by atoms with Crippen LogP contribution in [-0.4, -0.2) is 20.1 Å². The summed E-state index contributed by atoms with van der Waals surface area (Å²) in [6.07, 6.45) is 2.53. The lowest BCUT2D eigenvalue weighted by atomic mass is 10.2. The van der Waals surface area contributed by atoms with E-state index in [4.69, 9.17) is 9.47 Å². The lowest BCUT2D eigenvalue weighted by Gasteiger charge is -2.11. The van der Waals surface area contributed by atoms with E-state index in [0.29, 0.717) is 13.0 Å². The Morgan fingerprint density at radius 3 is 2.67 bits per heavy atom. The Hall–Kier alpha value is -1.71. The average molecular weight is 251 g/mol. The minimum atomic E-state index is 0.0784. The van der Waals surface area contributed by atoms with Crippen LogP contribution in [0.25, 0.3) is 0 Å². The third-order valence-electron chi connectivity index (χ3n) is 2.73. The Labute approximate surface area is 108 Å². The normalized spacial score (nSPS) is 9.94. The predicted octanol–water partition coefficient (Wildman–Crippen LogP) is 2.51. The van der Waals surface area contributed by atoms with E-state index in [-0.39, 0.29) is 5.91 Å². The molecule has 0 atom stereocenters. The van der Waals surface area contributed by atoms with Crippen LogP contribution >= 0.6 is 0 Å². The van der Waals surface area contributed by atoms with E-state index in [9.17, 15) is 4.79 Å². The smallest absolute Gasteiger partial charge is 0.220 e. The van der Waals surface area contributed by atoms with E-state index in [2.05, 4.69) is 12.2 Å². The van der Waals surface area contributed by atoms with Gasteiger partial charge in [0.2, 0.25) is 5.91 Å². The second kappa shape index (κ2) is 7.58. The molecule has 0 aliphatic heterocycles. The Morgan fingerprint density at radius 2 is 2.06 bits per heavy atom. The summed E-state index contributed by atoms with van der Waals surface area (Å²) in [4.78, 5) is 11.5. The molecule has 0 heterocycles. The number of amides is 1. The van der Waals surface area contributed by atoms with Crippen LogP contribution in [0.3, 0.4) is 0 Å². The van der Waals surface area contributed by atoms with Gasteiger partial charge in [-0.25, -0.2) is 0 Å². The Balaban J connectivity index is 2.58. The molecule has 1 amide bonds. The zero-order valence-electron chi connectivity index (χ0n) is 11.3. The molecule has 1 aromatic carbocycles. The van der Waals surface area contributed by atoms with Crippen molar-refractivity contribution >= 4 is 5.91 Å². The first-order valence-corrected chi connectivity index (χ1v) is 6.18. The highest BCUT2D eigenvalue weighted by Gasteiger charge is 2.06. The molecule has 1 rings (SSSR count). The molecule has 0 radical (unpaired) electrons. The molecule has 1 aromatic rings. The van der Waals surface area contributed by atoms with Gasteiger partial charge >= 0.3 is 0 Å². The minimum Gasteiger partial charge on any atom is -0.497 e. The van der Waals surface area contributed by atoms with Crippen molar-refractivity contribution in [3.8, 4) is 11.5 Å². The van der Waals surface area contributed by atoms with E-state index in [1.54, 1.807) is 14.2 Å². The number of methoxy groups -OCH3 is 2. The maximum absolute atomic E-state index is 11.5. The minimum absolute atomic E-state index is 0.0784. The maximum Gasteiger partial charge on any atom is 0.220 e. The van der Waals surface area contributed by atoms with Crippen molar-refractivity contribution in [1.29, 1.82) is 0 Å². The Kier molecular flexibility index (Phi) is 6.05. The third-order valence-corrected chi connectivity index (χ3v) is 2.73. The van der Waals surface area contributed by atoms with Crippen molar-refractivity contribution in [3.05, 3.63) is 23.8 Å². The van der Waals surface area contributed by atoms with Gasteiger partial charge in [-0.2, -0.15) is 0 Å². The standard InChI is InChI=1S/C14H21NO3/c1-4-5-6-14(16)15-10-11-7-8-12(17-2)9-13(11)18-3/h7-9H,4-6,10H2,1-3H3,(H,15,16).